The van der Waals surface area contributed by atoms with E-state index in [2.05, 4.69) is 10.1 Å². The number of benzene rings is 2. The van der Waals surface area contributed by atoms with Crippen LogP contribution in [0.1, 0.15) is 11.5 Å². The molecule has 110 valence electrons. The van der Waals surface area contributed by atoms with Gasteiger partial charge in [0.15, 0.2) is 0 Å². The van der Waals surface area contributed by atoms with E-state index in [9.17, 15) is 0 Å². The van der Waals surface area contributed by atoms with E-state index in [1.54, 1.807) is 13.2 Å². The molecule has 2 aromatic carbocycles. The summed E-state index contributed by atoms with van der Waals surface area (Å²) >= 11 is 6.09. The van der Waals surface area contributed by atoms with Crippen molar-refractivity contribution in [2.75, 3.05) is 7.11 Å². The molecule has 0 aliphatic carbocycles. The van der Waals surface area contributed by atoms with E-state index in [0.29, 0.717) is 16.7 Å². The van der Waals surface area contributed by atoms with Crippen molar-refractivity contribution in [3.63, 3.8) is 0 Å². The second-order valence-electron chi connectivity index (χ2n) is 4.54. The van der Waals surface area contributed by atoms with E-state index < -0.39 is 0 Å². The third-order valence-electron chi connectivity index (χ3n) is 3.10. The number of methoxy groups -OCH3 is 1. The summed E-state index contributed by atoms with van der Waals surface area (Å²) in [5.74, 6) is 1.73. The number of nitrogens with zero attached hydrogens (tertiary/aromatic N) is 2. The van der Waals surface area contributed by atoms with Crippen molar-refractivity contribution in [3.8, 4) is 17.1 Å². The molecule has 0 N–H and O–H groups in total. The highest BCUT2D eigenvalue weighted by atomic mass is 35.5. The number of ether oxygens (including phenoxy) is 1. The Morgan fingerprint density at radius 3 is 2.55 bits per heavy atom. The lowest BCUT2D eigenvalue weighted by molar-refractivity contribution is 0.411. The third kappa shape index (κ3) is 3.18. The minimum Gasteiger partial charge on any atom is -0.497 e. The Labute approximate surface area is 133 Å². The fourth-order valence-electron chi connectivity index (χ4n) is 1.93. The Bertz CT molecular complexity index is 794. The van der Waals surface area contributed by atoms with Crippen molar-refractivity contribution in [2.45, 2.75) is 0 Å². The van der Waals surface area contributed by atoms with Crippen LogP contribution in [0.2, 0.25) is 5.02 Å². The van der Waals surface area contributed by atoms with E-state index in [4.69, 9.17) is 20.9 Å². The van der Waals surface area contributed by atoms with Crippen LogP contribution >= 0.6 is 11.6 Å². The van der Waals surface area contributed by atoms with Gasteiger partial charge in [0.05, 0.1) is 7.11 Å². The van der Waals surface area contributed by atoms with Crippen molar-refractivity contribution in [2.24, 2.45) is 0 Å². The molecule has 0 amide bonds. The van der Waals surface area contributed by atoms with Gasteiger partial charge in [-0.25, -0.2) is 0 Å². The Balaban J connectivity index is 1.80. The van der Waals surface area contributed by atoms with E-state index in [1.807, 2.05) is 54.6 Å². The van der Waals surface area contributed by atoms with Gasteiger partial charge >= 0.3 is 0 Å². The van der Waals surface area contributed by atoms with Gasteiger partial charge in [-0.1, -0.05) is 35.0 Å². The molecule has 0 unspecified atom stereocenters. The van der Waals surface area contributed by atoms with E-state index in [1.165, 1.54) is 0 Å². The van der Waals surface area contributed by atoms with Crippen molar-refractivity contribution in [3.05, 3.63) is 65.0 Å². The highest BCUT2D eigenvalue weighted by molar-refractivity contribution is 6.32. The molecule has 22 heavy (non-hydrogen) atoms. The number of halogens is 1. The average molecular weight is 313 g/mol. The normalized spacial score (nSPS) is 11.0. The first-order valence-electron chi connectivity index (χ1n) is 6.67. The lowest BCUT2D eigenvalue weighted by atomic mass is 10.2. The van der Waals surface area contributed by atoms with E-state index >= 15 is 0 Å². The van der Waals surface area contributed by atoms with Crippen LogP contribution in [-0.2, 0) is 0 Å². The Kier molecular flexibility index (Phi) is 4.21. The molecule has 0 fully saturated rings. The quantitative estimate of drug-likeness (QED) is 0.708. The summed E-state index contributed by atoms with van der Waals surface area (Å²) in [6, 6.07) is 15.0. The van der Waals surface area contributed by atoms with Crippen molar-refractivity contribution in [1.29, 1.82) is 0 Å². The molecule has 0 radical (unpaired) electrons. The van der Waals surface area contributed by atoms with Gasteiger partial charge in [0.25, 0.3) is 5.89 Å². The Morgan fingerprint density at radius 1 is 1.05 bits per heavy atom. The fourth-order valence-corrected chi connectivity index (χ4v) is 2.13. The molecular weight excluding hydrogens is 300 g/mol. The minimum atomic E-state index is 0.422. The Hall–Kier alpha value is -2.59. The summed E-state index contributed by atoms with van der Waals surface area (Å²) in [6.07, 6.45) is 3.58. The number of rotatable bonds is 4. The number of aromatic nitrogens is 2. The average Bonchev–Trinajstić information content (AvgIpc) is 3.03. The second-order valence-corrected chi connectivity index (χ2v) is 4.95. The zero-order valence-corrected chi connectivity index (χ0v) is 12.6. The molecule has 3 aromatic rings. The molecule has 0 spiro atoms. The predicted molar refractivity (Wildman–Crippen MR) is 86.7 cm³/mol. The summed E-state index contributed by atoms with van der Waals surface area (Å²) in [6.45, 7) is 0. The Morgan fingerprint density at radius 2 is 1.82 bits per heavy atom. The zero-order valence-electron chi connectivity index (χ0n) is 11.9. The van der Waals surface area contributed by atoms with Gasteiger partial charge in [0, 0.05) is 16.7 Å². The molecule has 0 saturated heterocycles. The summed E-state index contributed by atoms with van der Waals surface area (Å²) in [5.41, 5.74) is 1.76. The van der Waals surface area contributed by atoms with Crippen molar-refractivity contribution in [1.82, 2.24) is 10.1 Å². The lowest BCUT2D eigenvalue weighted by Gasteiger charge is -1.98. The van der Waals surface area contributed by atoms with Crippen LogP contribution in [0.5, 0.6) is 5.75 Å². The first-order chi connectivity index (χ1) is 10.8. The van der Waals surface area contributed by atoms with Gasteiger partial charge in [-0.2, -0.15) is 4.98 Å². The molecule has 5 heteroatoms. The maximum atomic E-state index is 6.09. The monoisotopic (exact) mass is 312 g/mol. The maximum absolute atomic E-state index is 6.09. The topological polar surface area (TPSA) is 48.2 Å². The molecule has 3 rings (SSSR count). The molecule has 0 bridgehead atoms. The SMILES string of the molecule is COc1ccc(-c2noc(/C=C/c3ccccc3Cl)n2)cc1. The molecule has 0 atom stereocenters. The van der Waals surface area contributed by atoms with Gasteiger partial charge in [0.1, 0.15) is 5.75 Å². The van der Waals surface area contributed by atoms with Crippen LogP contribution in [0, 0.1) is 0 Å². The predicted octanol–water partition coefficient (Wildman–Crippen LogP) is 4.57. The van der Waals surface area contributed by atoms with Gasteiger partial charge in [0.2, 0.25) is 5.82 Å². The van der Waals surface area contributed by atoms with Crippen LogP contribution < -0.4 is 4.74 Å². The molecule has 0 saturated carbocycles. The van der Waals surface area contributed by atoms with Gasteiger partial charge in [-0.3, -0.25) is 0 Å². The van der Waals surface area contributed by atoms with Crippen LogP contribution in [0.15, 0.2) is 53.1 Å². The van der Waals surface area contributed by atoms with Crippen molar-refractivity contribution < 1.29 is 9.26 Å². The standard InChI is InChI=1S/C17H13ClN2O2/c1-21-14-9-6-13(7-10-14)17-19-16(22-20-17)11-8-12-4-2-3-5-15(12)18/h2-11H,1H3/b11-8+. The number of hydrogen-bond donors (Lipinski definition) is 0. The van der Waals surface area contributed by atoms with E-state index in [-0.39, 0.29) is 0 Å². The maximum Gasteiger partial charge on any atom is 0.250 e. The fraction of sp³-hybridized carbons (Fsp3) is 0.0588. The molecule has 4 nitrogen and oxygen atoms in total. The highest BCUT2D eigenvalue weighted by Crippen LogP contribution is 2.21. The van der Waals surface area contributed by atoms with Crippen LogP contribution in [0.25, 0.3) is 23.5 Å². The van der Waals surface area contributed by atoms with Gasteiger partial charge in [-0.15, -0.1) is 0 Å². The summed E-state index contributed by atoms with van der Waals surface area (Å²) in [4.78, 5) is 4.33. The van der Waals surface area contributed by atoms with Crippen molar-refractivity contribution >= 4 is 23.8 Å². The second kappa shape index (κ2) is 6.45. The highest BCUT2D eigenvalue weighted by Gasteiger charge is 2.06. The van der Waals surface area contributed by atoms with Crippen LogP contribution in [-0.4, -0.2) is 17.3 Å². The largest absolute Gasteiger partial charge is 0.497 e. The molecule has 0 aliphatic rings. The number of hydrogen-bond acceptors (Lipinski definition) is 4. The van der Waals surface area contributed by atoms with Gasteiger partial charge in [-0.05, 0) is 42.0 Å². The van der Waals surface area contributed by atoms with E-state index in [0.717, 1.165) is 16.9 Å². The lowest BCUT2D eigenvalue weighted by Crippen LogP contribution is -1.84. The first-order valence-corrected chi connectivity index (χ1v) is 7.05. The molecule has 1 aromatic heterocycles. The summed E-state index contributed by atoms with van der Waals surface area (Å²) in [7, 11) is 1.63. The molecule has 0 aliphatic heterocycles. The minimum absolute atomic E-state index is 0.422. The smallest absolute Gasteiger partial charge is 0.250 e. The first kappa shape index (κ1) is 14.4. The van der Waals surface area contributed by atoms with Crippen LogP contribution in [0.3, 0.4) is 0 Å². The summed E-state index contributed by atoms with van der Waals surface area (Å²) in [5, 5.41) is 4.64. The zero-order chi connectivity index (χ0) is 15.4. The van der Waals surface area contributed by atoms with Gasteiger partial charge < -0.3 is 9.26 Å². The molecule has 1 heterocycles. The third-order valence-corrected chi connectivity index (χ3v) is 3.44. The van der Waals surface area contributed by atoms with Crippen LogP contribution in [0.4, 0.5) is 0 Å². The summed E-state index contributed by atoms with van der Waals surface area (Å²) < 4.78 is 10.3. The molecular formula is C17H13ClN2O2.